The molecular weight excluding hydrogens is 303 g/mol. The molecule has 5 nitrogen and oxygen atoms in total. The van der Waals surface area contributed by atoms with Crippen molar-refractivity contribution in [2.24, 2.45) is 0 Å². The lowest BCUT2D eigenvalue weighted by molar-refractivity contribution is 0.102. The zero-order valence-electron chi connectivity index (χ0n) is 9.02. The van der Waals surface area contributed by atoms with E-state index in [2.05, 4.69) is 31.2 Å². The van der Waals surface area contributed by atoms with Gasteiger partial charge in [0.05, 0.1) is 18.1 Å². The highest BCUT2D eigenvalue weighted by Crippen LogP contribution is 2.25. The Hall–Kier alpha value is -2.02. The molecule has 0 aliphatic carbocycles. The number of aromatic nitrogens is 2. The molecule has 2 rings (SSSR count). The van der Waals surface area contributed by atoms with E-state index in [0.29, 0.717) is 4.47 Å². The van der Waals surface area contributed by atoms with Gasteiger partial charge in [0, 0.05) is 4.47 Å². The Morgan fingerprint density at radius 3 is 2.72 bits per heavy atom. The van der Waals surface area contributed by atoms with Crippen molar-refractivity contribution in [1.29, 1.82) is 0 Å². The summed E-state index contributed by atoms with van der Waals surface area (Å²) >= 11 is 3.15. The molecule has 1 aromatic carbocycles. The first-order valence-electron chi connectivity index (χ1n) is 4.91. The van der Waals surface area contributed by atoms with Gasteiger partial charge in [0.25, 0.3) is 5.91 Å². The van der Waals surface area contributed by atoms with Gasteiger partial charge in [-0.1, -0.05) is 6.07 Å². The summed E-state index contributed by atoms with van der Waals surface area (Å²) in [6.45, 7) is 0. The van der Waals surface area contributed by atoms with E-state index in [1.807, 2.05) is 0 Å². The molecule has 7 heteroatoms. The molecule has 1 heterocycles. The molecule has 0 bridgehead atoms. The third-order valence-electron chi connectivity index (χ3n) is 2.11. The van der Waals surface area contributed by atoms with E-state index in [1.54, 1.807) is 6.07 Å². The second-order valence-electron chi connectivity index (χ2n) is 3.38. The molecule has 1 aromatic heterocycles. The molecule has 0 saturated carbocycles. The second kappa shape index (κ2) is 5.09. The van der Waals surface area contributed by atoms with Crippen molar-refractivity contribution in [3.05, 3.63) is 46.6 Å². The number of anilines is 2. The topological polar surface area (TPSA) is 80.9 Å². The Kier molecular flexibility index (Phi) is 3.52. The zero-order chi connectivity index (χ0) is 13.1. The van der Waals surface area contributed by atoms with Gasteiger partial charge in [-0.3, -0.25) is 4.79 Å². The minimum absolute atomic E-state index is 0.0550. The molecule has 0 aliphatic rings. The summed E-state index contributed by atoms with van der Waals surface area (Å²) in [7, 11) is 0. The van der Waals surface area contributed by atoms with Crippen LogP contribution in [0.2, 0.25) is 0 Å². The van der Waals surface area contributed by atoms with Crippen LogP contribution in [0.15, 0.2) is 35.1 Å². The summed E-state index contributed by atoms with van der Waals surface area (Å²) in [5.41, 5.74) is 5.47. The third kappa shape index (κ3) is 2.62. The summed E-state index contributed by atoms with van der Waals surface area (Å²) in [6.07, 6.45) is 2.48. The summed E-state index contributed by atoms with van der Waals surface area (Å²) in [5.74, 6) is -0.895. The molecule has 2 aromatic rings. The molecule has 0 spiro atoms. The van der Waals surface area contributed by atoms with Gasteiger partial charge < -0.3 is 11.1 Å². The number of nitrogen functional groups attached to an aromatic ring is 1. The molecule has 0 atom stereocenters. The standard InChI is InChI=1S/C11H8BrFN4O/c12-6-2-1-3-7(13)10(6)17-11(18)8-4-16-9(14)5-15-8/h1-5H,(H2,14,16)(H,17,18). The van der Waals surface area contributed by atoms with Gasteiger partial charge in [-0.2, -0.15) is 0 Å². The normalized spacial score (nSPS) is 10.1. The van der Waals surface area contributed by atoms with Crippen LogP contribution in [0.25, 0.3) is 0 Å². The Morgan fingerprint density at radius 1 is 1.33 bits per heavy atom. The number of carbonyl (C=O) groups excluding carboxylic acids is 1. The molecule has 0 fully saturated rings. The Bertz CT molecular complexity index is 568. The molecule has 1 amide bonds. The van der Waals surface area contributed by atoms with E-state index in [-0.39, 0.29) is 17.2 Å². The van der Waals surface area contributed by atoms with E-state index in [9.17, 15) is 9.18 Å². The van der Waals surface area contributed by atoms with Crippen molar-refractivity contribution in [2.75, 3.05) is 11.1 Å². The van der Waals surface area contributed by atoms with Crippen molar-refractivity contribution < 1.29 is 9.18 Å². The van der Waals surface area contributed by atoms with Crippen molar-refractivity contribution in [3.63, 3.8) is 0 Å². The highest BCUT2D eigenvalue weighted by atomic mass is 79.9. The van der Waals surface area contributed by atoms with Crippen LogP contribution in [0.4, 0.5) is 15.9 Å². The predicted octanol–water partition coefficient (Wildman–Crippen LogP) is 2.21. The number of hydrogen-bond acceptors (Lipinski definition) is 4. The Labute approximate surface area is 110 Å². The average molecular weight is 311 g/mol. The van der Waals surface area contributed by atoms with Gasteiger partial charge in [-0.25, -0.2) is 14.4 Å². The lowest BCUT2D eigenvalue weighted by Gasteiger charge is -2.07. The highest BCUT2D eigenvalue weighted by Gasteiger charge is 2.13. The largest absolute Gasteiger partial charge is 0.382 e. The Morgan fingerprint density at radius 2 is 2.11 bits per heavy atom. The van der Waals surface area contributed by atoms with Gasteiger partial charge in [-0.05, 0) is 28.1 Å². The fourth-order valence-electron chi connectivity index (χ4n) is 1.25. The van der Waals surface area contributed by atoms with E-state index in [0.717, 1.165) is 0 Å². The smallest absolute Gasteiger partial charge is 0.275 e. The maximum Gasteiger partial charge on any atom is 0.275 e. The first-order valence-corrected chi connectivity index (χ1v) is 5.70. The van der Waals surface area contributed by atoms with Gasteiger partial charge >= 0.3 is 0 Å². The fourth-order valence-corrected chi connectivity index (χ4v) is 1.69. The predicted molar refractivity (Wildman–Crippen MR) is 68.5 cm³/mol. The van der Waals surface area contributed by atoms with Crippen molar-refractivity contribution in [3.8, 4) is 0 Å². The number of hydrogen-bond donors (Lipinski definition) is 2. The Balaban J connectivity index is 2.24. The maximum absolute atomic E-state index is 13.5. The highest BCUT2D eigenvalue weighted by molar-refractivity contribution is 9.10. The third-order valence-corrected chi connectivity index (χ3v) is 2.77. The fraction of sp³-hybridized carbons (Fsp3) is 0. The minimum Gasteiger partial charge on any atom is -0.382 e. The van der Waals surface area contributed by atoms with E-state index in [4.69, 9.17) is 5.73 Å². The van der Waals surface area contributed by atoms with E-state index >= 15 is 0 Å². The van der Waals surface area contributed by atoms with Crippen LogP contribution in [-0.4, -0.2) is 15.9 Å². The van der Waals surface area contributed by atoms with Gasteiger partial charge in [0.2, 0.25) is 0 Å². The summed E-state index contributed by atoms with van der Waals surface area (Å²) in [4.78, 5) is 19.3. The first kappa shape index (κ1) is 12.4. The summed E-state index contributed by atoms with van der Waals surface area (Å²) < 4.78 is 13.9. The monoisotopic (exact) mass is 310 g/mol. The first-order chi connectivity index (χ1) is 8.58. The zero-order valence-corrected chi connectivity index (χ0v) is 10.6. The molecular formula is C11H8BrFN4O. The number of para-hydroxylation sites is 1. The number of halogens is 2. The SMILES string of the molecule is Nc1cnc(C(=O)Nc2c(F)cccc2Br)cn1. The minimum atomic E-state index is -0.562. The summed E-state index contributed by atoms with van der Waals surface area (Å²) in [6, 6.07) is 4.39. The van der Waals surface area contributed by atoms with Crippen LogP contribution in [0.5, 0.6) is 0 Å². The van der Waals surface area contributed by atoms with Crippen LogP contribution in [0, 0.1) is 5.82 Å². The van der Waals surface area contributed by atoms with Gasteiger partial charge in [0.1, 0.15) is 17.3 Å². The number of benzene rings is 1. The van der Waals surface area contributed by atoms with E-state index < -0.39 is 11.7 Å². The van der Waals surface area contributed by atoms with Gasteiger partial charge in [-0.15, -0.1) is 0 Å². The molecule has 18 heavy (non-hydrogen) atoms. The lowest BCUT2D eigenvalue weighted by atomic mass is 10.3. The number of nitrogens with two attached hydrogens (primary N) is 1. The average Bonchev–Trinajstić information content (AvgIpc) is 2.34. The molecule has 92 valence electrons. The van der Waals surface area contributed by atoms with Crippen molar-refractivity contribution >= 4 is 33.3 Å². The second-order valence-corrected chi connectivity index (χ2v) is 4.23. The molecule has 0 saturated heterocycles. The van der Waals surface area contributed by atoms with Crippen LogP contribution in [0.1, 0.15) is 10.5 Å². The van der Waals surface area contributed by atoms with Crippen LogP contribution in [0.3, 0.4) is 0 Å². The quantitative estimate of drug-likeness (QED) is 0.891. The number of nitrogens with one attached hydrogen (secondary N) is 1. The van der Waals surface area contributed by atoms with Crippen molar-refractivity contribution in [2.45, 2.75) is 0 Å². The molecule has 0 aliphatic heterocycles. The molecule has 0 unspecified atom stereocenters. The lowest BCUT2D eigenvalue weighted by Crippen LogP contribution is -2.15. The van der Waals surface area contributed by atoms with Crippen LogP contribution >= 0.6 is 15.9 Å². The number of carbonyl (C=O) groups is 1. The summed E-state index contributed by atoms with van der Waals surface area (Å²) in [5, 5.41) is 2.41. The molecule has 3 N–H and O–H groups in total. The number of nitrogens with zero attached hydrogens (tertiary/aromatic N) is 2. The number of rotatable bonds is 2. The van der Waals surface area contributed by atoms with E-state index in [1.165, 1.54) is 24.5 Å². The van der Waals surface area contributed by atoms with Crippen LogP contribution in [-0.2, 0) is 0 Å². The van der Waals surface area contributed by atoms with Gasteiger partial charge in [0.15, 0.2) is 0 Å². The number of amides is 1. The molecule has 0 radical (unpaired) electrons. The van der Waals surface area contributed by atoms with Crippen molar-refractivity contribution in [1.82, 2.24) is 9.97 Å². The van der Waals surface area contributed by atoms with Crippen LogP contribution < -0.4 is 11.1 Å². The maximum atomic E-state index is 13.5.